The minimum Gasteiger partial charge on any atom is -0.309 e. The number of para-hydroxylation sites is 3. The maximum absolute atomic E-state index is 2.48. The van der Waals surface area contributed by atoms with Crippen LogP contribution in [0.1, 0.15) is 0 Å². The number of rotatable bonds is 3. The summed E-state index contributed by atoms with van der Waals surface area (Å²) in [5.41, 5.74) is 15.1. The zero-order valence-corrected chi connectivity index (χ0v) is 30.4. The molecule has 254 valence electrons. The van der Waals surface area contributed by atoms with Gasteiger partial charge in [0, 0.05) is 52.8 Å². The summed E-state index contributed by atoms with van der Waals surface area (Å²) in [5.74, 6) is 0. The largest absolute Gasteiger partial charge is 0.309 e. The van der Waals surface area contributed by atoms with Crippen molar-refractivity contribution >= 4 is 85.9 Å². The van der Waals surface area contributed by atoms with Gasteiger partial charge in [-0.3, -0.25) is 0 Å². The van der Waals surface area contributed by atoms with E-state index in [1.54, 1.807) is 0 Å². The SMILES string of the molecule is c1ccc2c(c1)-c1cccc3c(-n4c5ccccc5c5cc(-c6ccc7sc8ccc(-n9c%10ccccc%10c%10ccccc%109)cc8c7c6)ccc54)ccc-2c13. The van der Waals surface area contributed by atoms with Crippen LogP contribution < -0.4 is 0 Å². The van der Waals surface area contributed by atoms with E-state index in [-0.39, 0.29) is 0 Å². The van der Waals surface area contributed by atoms with Crippen LogP contribution in [-0.2, 0) is 0 Å². The topological polar surface area (TPSA) is 9.86 Å². The van der Waals surface area contributed by atoms with Crippen molar-refractivity contribution in [3.05, 3.63) is 182 Å². The van der Waals surface area contributed by atoms with Crippen LogP contribution >= 0.6 is 11.3 Å². The molecule has 12 aromatic rings. The smallest absolute Gasteiger partial charge is 0.0541 e. The van der Waals surface area contributed by atoms with Crippen molar-refractivity contribution in [1.82, 2.24) is 9.13 Å². The monoisotopic (exact) mass is 714 g/mol. The number of nitrogens with zero attached hydrogens (tertiary/aromatic N) is 2. The Balaban J connectivity index is 0.986. The summed E-state index contributed by atoms with van der Waals surface area (Å²) >= 11 is 1.87. The van der Waals surface area contributed by atoms with Gasteiger partial charge in [-0.25, -0.2) is 0 Å². The van der Waals surface area contributed by atoms with Gasteiger partial charge < -0.3 is 9.13 Å². The highest BCUT2D eigenvalue weighted by atomic mass is 32.1. The van der Waals surface area contributed by atoms with Gasteiger partial charge >= 0.3 is 0 Å². The molecule has 3 aromatic heterocycles. The normalized spacial score (nSPS) is 12.4. The molecule has 0 radical (unpaired) electrons. The predicted molar refractivity (Wildman–Crippen MR) is 235 cm³/mol. The van der Waals surface area contributed by atoms with Gasteiger partial charge in [-0.05, 0) is 105 Å². The zero-order chi connectivity index (χ0) is 35.8. The van der Waals surface area contributed by atoms with Crippen molar-refractivity contribution in [1.29, 1.82) is 0 Å². The first kappa shape index (κ1) is 29.5. The third-order valence-corrected chi connectivity index (χ3v) is 13.2. The number of hydrogen-bond acceptors (Lipinski definition) is 1. The molecule has 0 amide bonds. The highest BCUT2D eigenvalue weighted by molar-refractivity contribution is 7.25. The molecular formula is C52H30N2S. The standard InChI is InChI=1S/C52H30N2S/c1-2-11-35-34(10-1)39-15-9-16-41-48(25-23-40(35)52(39)41)54-47-19-8-5-14-38(47)42-28-31(20-24-49(42)54)32-21-26-50-43(29-32)44-30-33(22-27-51(44)55-50)53-45-17-6-3-12-36(45)37-13-4-7-18-46(37)53/h1-30H. The molecule has 2 nitrogen and oxygen atoms in total. The summed E-state index contributed by atoms with van der Waals surface area (Å²) in [6.07, 6.45) is 0. The molecule has 13 rings (SSSR count). The van der Waals surface area contributed by atoms with Crippen molar-refractivity contribution in [2.24, 2.45) is 0 Å². The van der Waals surface area contributed by atoms with E-state index in [4.69, 9.17) is 0 Å². The maximum atomic E-state index is 2.48. The highest BCUT2D eigenvalue weighted by Crippen LogP contribution is 2.49. The van der Waals surface area contributed by atoms with E-state index >= 15 is 0 Å². The van der Waals surface area contributed by atoms with E-state index in [0.29, 0.717) is 0 Å². The quantitative estimate of drug-likeness (QED) is 0.172. The van der Waals surface area contributed by atoms with E-state index in [0.717, 1.165) is 0 Å². The van der Waals surface area contributed by atoms with Gasteiger partial charge in [0.25, 0.3) is 0 Å². The van der Waals surface area contributed by atoms with Crippen molar-refractivity contribution < 1.29 is 0 Å². The van der Waals surface area contributed by atoms with Gasteiger partial charge in [-0.1, -0.05) is 115 Å². The van der Waals surface area contributed by atoms with E-state index in [1.807, 2.05) is 11.3 Å². The number of aromatic nitrogens is 2. The Morgan fingerprint density at radius 3 is 1.55 bits per heavy atom. The minimum absolute atomic E-state index is 1.19. The Hall–Kier alpha value is -6.94. The summed E-state index contributed by atoms with van der Waals surface area (Å²) in [6, 6.07) is 67.7. The first-order chi connectivity index (χ1) is 27.3. The first-order valence-electron chi connectivity index (χ1n) is 18.9. The molecule has 3 heterocycles. The Morgan fingerprint density at radius 2 is 0.818 bits per heavy atom. The molecule has 9 aromatic carbocycles. The van der Waals surface area contributed by atoms with Crippen LogP contribution in [0.2, 0.25) is 0 Å². The van der Waals surface area contributed by atoms with Crippen molar-refractivity contribution in [2.45, 2.75) is 0 Å². The molecule has 0 atom stereocenters. The van der Waals surface area contributed by atoms with E-state index in [2.05, 4.69) is 191 Å². The molecular weight excluding hydrogens is 685 g/mol. The van der Waals surface area contributed by atoms with Gasteiger partial charge in [-0.2, -0.15) is 0 Å². The maximum Gasteiger partial charge on any atom is 0.0541 e. The summed E-state index contributed by atoms with van der Waals surface area (Å²) in [7, 11) is 0. The fraction of sp³-hybridized carbons (Fsp3) is 0. The Bertz CT molecular complexity index is 3530. The van der Waals surface area contributed by atoms with Crippen LogP contribution in [0.15, 0.2) is 182 Å². The Kier molecular flexibility index (Phi) is 5.80. The van der Waals surface area contributed by atoms with Gasteiger partial charge in [0.15, 0.2) is 0 Å². The van der Waals surface area contributed by atoms with E-state index < -0.39 is 0 Å². The van der Waals surface area contributed by atoms with Crippen LogP contribution in [0.5, 0.6) is 0 Å². The number of hydrogen-bond donors (Lipinski definition) is 0. The minimum atomic E-state index is 1.19. The third kappa shape index (κ3) is 3.97. The zero-order valence-electron chi connectivity index (χ0n) is 29.6. The van der Waals surface area contributed by atoms with Gasteiger partial charge in [0.1, 0.15) is 0 Å². The van der Waals surface area contributed by atoms with Crippen molar-refractivity contribution in [3.8, 4) is 44.8 Å². The number of fused-ring (bicyclic) bond motifs is 12. The lowest BCUT2D eigenvalue weighted by Crippen LogP contribution is -1.95. The summed E-state index contributed by atoms with van der Waals surface area (Å²) in [6.45, 7) is 0. The van der Waals surface area contributed by atoms with Crippen LogP contribution in [0.4, 0.5) is 0 Å². The first-order valence-corrected chi connectivity index (χ1v) is 19.7. The van der Waals surface area contributed by atoms with Crippen LogP contribution in [0.3, 0.4) is 0 Å². The molecule has 0 saturated heterocycles. The summed E-state index contributed by atoms with van der Waals surface area (Å²) < 4.78 is 7.52. The van der Waals surface area contributed by atoms with Gasteiger partial charge in [0.05, 0.1) is 27.8 Å². The van der Waals surface area contributed by atoms with E-state index in [9.17, 15) is 0 Å². The molecule has 0 spiro atoms. The predicted octanol–water partition coefficient (Wildman–Crippen LogP) is 14.7. The van der Waals surface area contributed by atoms with Gasteiger partial charge in [0.2, 0.25) is 0 Å². The lowest BCUT2D eigenvalue weighted by molar-refractivity contribution is 1.19. The fourth-order valence-electron chi connectivity index (χ4n) is 9.68. The molecule has 55 heavy (non-hydrogen) atoms. The van der Waals surface area contributed by atoms with Gasteiger partial charge in [-0.15, -0.1) is 11.3 Å². The molecule has 0 bridgehead atoms. The lowest BCUT2D eigenvalue weighted by Gasteiger charge is -2.13. The Morgan fingerprint density at radius 1 is 0.309 bits per heavy atom. The Labute approximate surface area is 320 Å². The van der Waals surface area contributed by atoms with Crippen LogP contribution in [0, 0.1) is 0 Å². The molecule has 0 fully saturated rings. The van der Waals surface area contributed by atoms with Crippen LogP contribution in [0.25, 0.3) is 119 Å². The molecule has 1 aliphatic carbocycles. The summed E-state index contributed by atoms with van der Waals surface area (Å²) in [4.78, 5) is 0. The molecule has 1 aliphatic rings. The molecule has 0 N–H and O–H groups in total. The molecule has 3 heteroatoms. The van der Waals surface area contributed by atoms with E-state index in [1.165, 1.54) is 119 Å². The van der Waals surface area contributed by atoms with Crippen molar-refractivity contribution in [3.63, 3.8) is 0 Å². The number of benzene rings is 9. The third-order valence-electron chi connectivity index (χ3n) is 12.1. The average molecular weight is 715 g/mol. The highest BCUT2D eigenvalue weighted by Gasteiger charge is 2.24. The lowest BCUT2D eigenvalue weighted by atomic mass is 10.0. The number of thiophene rings is 1. The molecule has 0 aliphatic heterocycles. The summed E-state index contributed by atoms with van der Waals surface area (Å²) in [5, 5.41) is 10.3. The second-order valence-electron chi connectivity index (χ2n) is 14.9. The van der Waals surface area contributed by atoms with Crippen molar-refractivity contribution in [2.75, 3.05) is 0 Å². The second-order valence-corrected chi connectivity index (χ2v) is 15.9. The second kappa shape index (κ2) is 10.8. The van der Waals surface area contributed by atoms with Crippen LogP contribution in [-0.4, -0.2) is 9.13 Å². The fourth-order valence-corrected chi connectivity index (χ4v) is 10.8. The molecule has 0 saturated carbocycles. The molecule has 0 unspecified atom stereocenters. The average Bonchev–Trinajstić information content (AvgIpc) is 3.98.